The first-order chi connectivity index (χ1) is 10.2. The maximum absolute atomic E-state index is 11.9. The molecule has 0 aliphatic rings. The molecule has 5 nitrogen and oxygen atoms in total. The molecule has 2 rings (SSSR count). The highest BCUT2D eigenvalue weighted by molar-refractivity contribution is 5.79. The Balaban J connectivity index is 2.09. The average Bonchev–Trinajstić information content (AvgIpc) is 2.52. The highest BCUT2D eigenvalue weighted by Crippen LogP contribution is 2.08. The molecular formula is C16H21N3O2. The van der Waals surface area contributed by atoms with E-state index in [2.05, 4.69) is 24.3 Å². The molecule has 21 heavy (non-hydrogen) atoms. The van der Waals surface area contributed by atoms with Crippen molar-refractivity contribution < 1.29 is 4.79 Å². The number of carbonyl (C=O) groups is 1. The minimum atomic E-state index is -0.0941. The molecule has 0 saturated carbocycles. The van der Waals surface area contributed by atoms with Crippen molar-refractivity contribution in [3.8, 4) is 0 Å². The van der Waals surface area contributed by atoms with Gasteiger partial charge in [-0.15, -0.1) is 0 Å². The molecule has 0 unspecified atom stereocenters. The summed E-state index contributed by atoms with van der Waals surface area (Å²) in [6.45, 7) is 4.59. The topological polar surface area (TPSA) is 64.0 Å². The molecule has 1 heterocycles. The summed E-state index contributed by atoms with van der Waals surface area (Å²) in [5, 5.41) is 7.76. The van der Waals surface area contributed by atoms with Crippen LogP contribution in [0.1, 0.15) is 33.1 Å². The number of fused-ring (bicyclic) bond motifs is 1. The van der Waals surface area contributed by atoms with Crippen LogP contribution >= 0.6 is 0 Å². The SMILES string of the molecule is CCC(CC)NC(=O)CCn1ncc(=O)c2ccccc21. The van der Waals surface area contributed by atoms with Gasteiger partial charge in [-0.05, 0) is 25.0 Å². The Labute approximate surface area is 124 Å². The number of hydrogen-bond acceptors (Lipinski definition) is 3. The Morgan fingerprint density at radius 1 is 1.29 bits per heavy atom. The van der Waals surface area contributed by atoms with E-state index < -0.39 is 0 Å². The molecule has 0 saturated heterocycles. The normalized spacial score (nSPS) is 11.0. The van der Waals surface area contributed by atoms with Gasteiger partial charge in [-0.1, -0.05) is 26.0 Å². The second kappa shape index (κ2) is 7.02. The van der Waals surface area contributed by atoms with Gasteiger partial charge in [0.05, 0.1) is 18.3 Å². The molecule has 0 spiro atoms. The Morgan fingerprint density at radius 2 is 2.00 bits per heavy atom. The van der Waals surface area contributed by atoms with Crippen LogP contribution in [0.2, 0.25) is 0 Å². The molecule has 1 amide bonds. The Hall–Kier alpha value is -2.17. The van der Waals surface area contributed by atoms with E-state index in [1.165, 1.54) is 6.20 Å². The first-order valence-electron chi connectivity index (χ1n) is 7.40. The van der Waals surface area contributed by atoms with Crippen LogP contribution in [0, 0.1) is 0 Å². The summed E-state index contributed by atoms with van der Waals surface area (Å²) in [6.07, 6.45) is 3.53. The largest absolute Gasteiger partial charge is 0.353 e. The van der Waals surface area contributed by atoms with Gasteiger partial charge in [-0.25, -0.2) is 0 Å². The summed E-state index contributed by atoms with van der Waals surface area (Å²) in [5.41, 5.74) is 0.670. The van der Waals surface area contributed by atoms with Gasteiger partial charge in [0.15, 0.2) is 0 Å². The van der Waals surface area contributed by atoms with Gasteiger partial charge >= 0.3 is 0 Å². The van der Waals surface area contributed by atoms with E-state index in [9.17, 15) is 9.59 Å². The lowest BCUT2D eigenvalue weighted by atomic mass is 10.1. The minimum absolute atomic E-state index is 0.0216. The first kappa shape index (κ1) is 15.2. The Bertz CT molecular complexity index is 675. The summed E-state index contributed by atoms with van der Waals surface area (Å²) in [6, 6.07) is 7.55. The Kier molecular flexibility index (Phi) is 5.09. The van der Waals surface area contributed by atoms with E-state index >= 15 is 0 Å². The number of aryl methyl sites for hydroxylation is 1. The molecule has 0 aliphatic heterocycles. The molecule has 1 aromatic carbocycles. The Morgan fingerprint density at radius 3 is 2.71 bits per heavy atom. The highest BCUT2D eigenvalue weighted by Gasteiger charge is 2.09. The predicted molar refractivity (Wildman–Crippen MR) is 83.1 cm³/mol. The van der Waals surface area contributed by atoms with Crippen molar-refractivity contribution in [1.29, 1.82) is 0 Å². The van der Waals surface area contributed by atoms with Crippen LogP contribution in [0.4, 0.5) is 0 Å². The number of benzene rings is 1. The number of nitrogens with zero attached hydrogens (tertiary/aromatic N) is 2. The van der Waals surface area contributed by atoms with E-state index in [1.54, 1.807) is 10.7 Å². The lowest BCUT2D eigenvalue weighted by Gasteiger charge is -2.15. The molecule has 1 N–H and O–H groups in total. The number of aromatic nitrogens is 2. The smallest absolute Gasteiger partial charge is 0.222 e. The van der Waals surface area contributed by atoms with Gasteiger partial charge < -0.3 is 5.32 Å². The fraction of sp³-hybridized carbons (Fsp3) is 0.438. The van der Waals surface area contributed by atoms with Crippen molar-refractivity contribution >= 4 is 16.8 Å². The van der Waals surface area contributed by atoms with E-state index in [0.29, 0.717) is 18.4 Å². The van der Waals surface area contributed by atoms with Crippen molar-refractivity contribution in [1.82, 2.24) is 15.1 Å². The van der Waals surface area contributed by atoms with Gasteiger partial charge in [0, 0.05) is 17.8 Å². The number of nitrogens with one attached hydrogen (secondary N) is 1. The number of hydrogen-bond donors (Lipinski definition) is 1. The third-order valence-corrected chi connectivity index (χ3v) is 3.66. The van der Waals surface area contributed by atoms with Crippen LogP contribution in [0.15, 0.2) is 35.3 Å². The van der Waals surface area contributed by atoms with Crippen molar-refractivity contribution in [2.45, 2.75) is 45.7 Å². The van der Waals surface area contributed by atoms with Crippen molar-refractivity contribution in [3.05, 3.63) is 40.7 Å². The third kappa shape index (κ3) is 3.68. The zero-order valence-corrected chi connectivity index (χ0v) is 12.5. The van der Waals surface area contributed by atoms with E-state index in [0.717, 1.165) is 18.4 Å². The van der Waals surface area contributed by atoms with Crippen molar-refractivity contribution in [2.75, 3.05) is 0 Å². The zero-order chi connectivity index (χ0) is 15.2. The second-order valence-electron chi connectivity index (χ2n) is 5.08. The third-order valence-electron chi connectivity index (χ3n) is 3.66. The number of amides is 1. The second-order valence-corrected chi connectivity index (χ2v) is 5.08. The minimum Gasteiger partial charge on any atom is -0.353 e. The zero-order valence-electron chi connectivity index (χ0n) is 12.5. The number of para-hydroxylation sites is 1. The van der Waals surface area contributed by atoms with Gasteiger partial charge in [0.1, 0.15) is 0 Å². The fourth-order valence-corrected chi connectivity index (χ4v) is 2.34. The van der Waals surface area contributed by atoms with Crippen LogP contribution in [-0.2, 0) is 11.3 Å². The van der Waals surface area contributed by atoms with E-state index in [-0.39, 0.29) is 17.4 Å². The summed E-state index contributed by atoms with van der Waals surface area (Å²) in [7, 11) is 0. The molecule has 2 aromatic rings. The van der Waals surface area contributed by atoms with Crippen molar-refractivity contribution in [3.63, 3.8) is 0 Å². The molecule has 0 aliphatic carbocycles. The summed E-state index contributed by atoms with van der Waals surface area (Å²) < 4.78 is 1.71. The monoisotopic (exact) mass is 287 g/mol. The van der Waals surface area contributed by atoms with Gasteiger partial charge in [0.2, 0.25) is 11.3 Å². The maximum atomic E-state index is 11.9. The molecular weight excluding hydrogens is 266 g/mol. The quantitative estimate of drug-likeness (QED) is 0.885. The van der Waals surface area contributed by atoms with E-state index in [1.807, 2.05) is 18.2 Å². The lowest BCUT2D eigenvalue weighted by Crippen LogP contribution is -2.34. The van der Waals surface area contributed by atoms with Crippen LogP contribution < -0.4 is 10.7 Å². The van der Waals surface area contributed by atoms with E-state index in [4.69, 9.17) is 0 Å². The van der Waals surface area contributed by atoms with Crippen LogP contribution in [0.25, 0.3) is 10.9 Å². The number of rotatable bonds is 6. The molecule has 1 aromatic heterocycles. The molecule has 0 bridgehead atoms. The highest BCUT2D eigenvalue weighted by atomic mass is 16.1. The standard InChI is InChI=1S/C16H21N3O2/c1-3-12(4-2)18-16(21)9-10-19-14-8-6-5-7-13(14)15(20)11-17-19/h5-8,11-12H,3-4,9-10H2,1-2H3,(H,18,21). The fourth-order valence-electron chi connectivity index (χ4n) is 2.34. The molecule has 0 fully saturated rings. The maximum Gasteiger partial charge on any atom is 0.222 e. The first-order valence-corrected chi connectivity index (χ1v) is 7.40. The average molecular weight is 287 g/mol. The number of carbonyl (C=O) groups excluding carboxylic acids is 1. The molecule has 112 valence electrons. The lowest BCUT2D eigenvalue weighted by molar-refractivity contribution is -0.122. The molecule has 5 heteroatoms. The summed E-state index contributed by atoms with van der Waals surface area (Å²) >= 11 is 0. The van der Waals surface area contributed by atoms with Crippen LogP contribution in [0.3, 0.4) is 0 Å². The molecule has 0 atom stereocenters. The predicted octanol–water partition coefficient (Wildman–Crippen LogP) is 2.09. The summed E-state index contributed by atoms with van der Waals surface area (Å²) in [4.78, 5) is 23.7. The van der Waals surface area contributed by atoms with Crippen LogP contribution in [-0.4, -0.2) is 21.7 Å². The van der Waals surface area contributed by atoms with Crippen molar-refractivity contribution in [2.24, 2.45) is 0 Å². The van der Waals surface area contributed by atoms with Gasteiger partial charge in [0.25, 0.3) is 0 Å². The van der Waals surface area contributed by atoms with Crippen LogP contribution in [0.5, 0.6) is 0 Å². The van der Waals surface area contributed by atoms with Gasteiger partial charge in [-0.2, -0.15) is 5.10 Å². The molecule has 0 radical (unpaired) electrons. The summed E-state index contributed by atoms with van der Waals surface area (Å²) in [5.74, 6) is 0.0216. The van der Waals surface area contributed by atoms with Gasteiger partial charge in [-0.3, -0.25) is 14.3 Å².